The van der Waals surface area contributed by atoms with Crippen LogP contribution in [-0.4, -0.2) is 18.2 Å². The highest BCUT2D eigenvalue weighted by Gasteiger charge is 2.23. The lowest BCUT2D eigenvalue weighted by Gasteiger charge is -2.23. The summed E-state index contributed by atoms with van der Waals surface area (Å²) in [6.45, 7) is 0. The average molecular weight is 235 g/mol. The molecule has 4 heteroatoms. The fraction of sp³-hybridized carbons (Fsp3) is 0.462. The van der Waals surface area contributed by atoms with E-state index >= 15 is 0 Å². The molecular weight excluding hydrogens is 218 g/mol. The van der Waals surface area contributed by atoms with Crippen molar-refractivity contribution in [1.29, 1.82) is 0 Å². The first kappa shape index (κ1) is 11.9. The third-order valence-electron chi connectivity index (χ3n) is 3.35. The van der Waals surface area contributed by atoms with Gasteiger partial charge in [0.1, 0.15) is 11.8 Å². The summed E-state index contributed by atoms with van der Waals surface area (Å²) in [6, 6.07) is 2.66. The predicted molar refractivity (Wildman–Crippen MR) is 64.2 cm³/mol. The lowest BCUT2D eigenvalue weighted by molar-refractivity contribution is -0.138. The maximum absolute atomic E-state index is 11.0. The van der Waals surface area contributed by atoms with Crippen LogP contribution in [0, 0.1) is 0 Å². The van der Waals surface area contributed by atoms with E-state index in [4.69, 9.17) is 15.6 Å². The van der Waals surface area contributed by atoms with Gasteiger partial charge in [0.05, 0.1) is 7.11 Å². The number of hydrogen-bond donors (Lipinski definition) is 2. The molecule has 2 rings (SSSR count). The van der Waals surface area contributed by atoms with Gasteiger partial charge in [-0.2, -0.15) is 0 Å². The van der Waals surface area contributed by atoms with E-state index in [1.54, 1.807) is 13.2 Å². The van der Waals surface area contributed by atoms with Crippen molar-refractivity contribution in [1.82, 2.24) is 0 Å². The molecule has 0 bridgehead atoms. The molecule has 1 aromatic carbocycles. The Morgan fingerprint density at radius 1 is 1.35 bits per heavy atom. The van der Waals surface area contributed by atoms with Gasteiger partial charge in [0.2, 0.25) is 0 Å². The van der Waals surface area contributed by atoms with Crippen LogP contribution >= 0.6 is 0 Å². The van der Waals surface area contributed by atoms with Gasteiger partial charge in [-0.25, -0.2) is 0 Å². The van der Waals surface area contributed by atoms with Crippen molar-refractivity contribution in [3.63, 3.8) is 0 Å². The van der Waals surface area contributed by atoms with Crippen LogP contribution in [0.15, 0.2) is 12.1 Å². The Morgan fingerprint density at radius 3 is 2.59 bits per heavy atom. The minimum Gasteiger partial charge on any atom is -0.496 e. The van der Waals surface area contributed by atoms with E-state index in [1.165, 1.54) is 0 Å². The molecule has 1 atom stereocenters. The number of carboxylic acid groups (broad SMARTS) is 1. The molecule has 0 aliphatic heterocycles. The largest absolute Gasteiger partial charge is 0.496 e. The van der Waals surface area contributed by atoms with Gasteiger partial charge < -0.3 is 15.6 Å². The molecule has 1 aliphatic carbocycles. The number of nitrogens with two attached hydrogens (primary N) is 1. The molecule has 0 spiro atoms. The molecule has 17 heavy (non-hydrogen) atoms. The first-order chi connectivity index (χ1) is 8.15. The molecular formula is C13H17NO3. The van der Waals surface area contributed by atoms with Crippen LogP contribution in [0.3, 0.4) is 0 Å². The highest BCUT2D eigenvalue weighted by molar-refractivity contribution is 5.76. The summed E-state index contributed by atoms with van der Waals surface area (Å²) in [5, 5.41) is 9.01. The van der Waals surface area contributed by atoms with E-state index in [9.17, 15) is 4.79 Å². The number of aliphatic carboxylic acids is 1. The second-order valence-electron chi connectivity index (χ2n) is 4.34. The first-order valence-electron chi connectivity index (χ1n) is 5.82. The van der Waals surface area contributed by atoms with Crippen LogP contribution in [0.1, 0.15) is 35.6 Å². The molecule has 92 valence electrons. The monoisotopic (exact) mass is 235 g/mol. The van der Waals surface area contributed by atoms with E-state index < -0.39 is 12.0 Å². The minimum atomic E-state index is -0.983. The predicted octanol–water partition coefficient (Wildman–Crippen LogP) is 1.66. The number of methoxy groups -OCH3 is 1. The summed E-state index contributed by atoms with van der Waals surface area (Å²) in [7, 11) is 1.64. The van der Waals surface area contributed by atoms with Gasteiger partial charge >= 0.3 is 5.97 Å². The summed E-state index contributed by atoms with van der Waals surface area (Å²) < 4.78 is 5.32. The second-order valence-corrected chi connectivity index (χ2v) is 4.34. The quantitative estimate of drug-likeness (QED) is 0.835. The Hall–Kier alpha value is -1.55. The van der Waals surface area contributed by atoms with Gasteiger partial charge in [-0.3, -0.25) is 4.79 Å². The summed E-state index contributed by atoms with van der Waals surface area (Å²) in [4.78, 5) is 11.0. The Bertz CT molecular complexity index is 443. The standard InChI is InChI=1S/C13H17NO3/c1-17-11-7-6-10(12(14)13(15)16)8-4-2-3-5-9(8)11/h6-7,12H,2-5,14H2,1H3,(H,15,16). The minimum absolute atomic E-state index is 0.730. The lowest BCUT2D eigenvalue weighted by Crippen LogP contribution is -2.23. The van der Waals surface area contributed by atoms with E-state index in [1.807, 2.05) is 6.07 Å². The molecule has 1 unspecified atom stereocenters. The van der Waals surface area contributed by atoms with Crippen LogP contribution in [0.25, 0.3) is 0 Å². The highest BCUT2D eigenvalue weighted by atomic mass is 16.5. The Kier molecular flexibility index (Phi) is 3.33. The van der Waals surface area contributed by atoms with Crippen molar-refractivity contribution in [2.45, 2.75) is 31.7 Å². The molecule has 0 heterocycles. The van der Waals surface area contributed by atoms with Gasteiger partial charge in [0, 0.05) is 0 Å². The summed E-state index contributed by atoms with van der Waals surface area (Å²) >= 11 is 0. The van der Waals surface area contributed by atoms with E-state index in [2.05, 4.69) is 0 Å². The van der Waals surface area contributed by atoms with Crippen molar-refractivity contribution < 1.29 is 14.6 Å². The van der Waals surface area contributed by atoms with Gasteiger partial charge in [0.25, 0.3) is 0 Å². The van der Waals surface area contributed by atoms with Gasteiger partial charge in [-0.15, -0.1) is 0 Å². The number of rotatable bonds is 3. The molecule has 0 aromatic heterocycles. The van der Waals surface area contributed by atoms with Crippen molar-refractivity contribution in [2.24, 2.45) is 5.73 Å². The van der Waals surface area contributed by atoms with E-state index in [0.29, 0.717) is 0 Å². The van der Waals surface area contributed by atoms with Crippen molar-refractivity contribution in [3.05, 3.63) is 28.8 Å². The van der Waals surface area contributed by atoms with Crippen LogP contribution in [0.5, 0.6) is 5.75 Å². The third kappa shape index (κ3) is 2.13. The molecule has 1 aromatic rings. The zero-order valence-electron chi connectivity index (χ0n) is 9.90. The Balaban J connectivity index is 2.51. The SMILES string of the molecule is COc1ccc(C(N)C(=O)O)c2c1CCCC2. The Labute approximate surface area is 100 Å². The molecule has 0 saturated heterocycles. The van der Waals surface area contributed by atoms with E-state index in [-0.39, 0.29) is 0 Å². The topological polar surface area (TPSA) is 72.5 Å². The number of fused-ring (bicyclic) bond motifs is 1. The zero-order valence-corrected chi connectivity index (χ0v) is 9.90. The molecule has 0 amide bonds. The van der Waals surface area contributed by atoms with Crippen LogP contribution in [-0.2, 0) is 17.6 Å². The zero-order chi connectivity index (χ0) is 12.4. The lowest BCUT2D eigenvalue weighted by atomic mass is 9.85. The first-order valence-corrected chi connectivity index (χ1v) is 5.82. The number of ether oxygens (including phenoxy) is 1. The number of carbonyl (C=O) groups is 1. The van der Waals surface area contributed by atoms with Gasteiger partial charge in [0.15, 0.2) is 0 Å². The van der Waals surface area contributed by atoms with Crippen molar-refractivity contribution in [3.8, 4) is 5.75 Å². The Morgan fingerprint density at radius 2 is 2.00 bits per heavy atom. The van der Waals surface area contributed by atoms with E-state index in [0.717, 1.165) is 48.1 Å². The molecule has 1 aliphatic rings. The highest BCUT2D eigenvalue weighted by Crippen LogP contribution is 2.34. The molecule has 4 nitrogen and oxygen atoms in total. The molecule has 0 fully saturated rings. The molecule has 0 saturated carbocycles. The maximum atomic E-state index is 11.0. The van der Waals surface area contributed by atoms with Crippen LogP contribution in [0.2, 0.25) is 0 Å². The summed E-state index contributed by atoms with van der Waals surface area (Å²) in [5.74, 6) is -0.135. The van der Waals surface area contributed by atoms with Crippen LogP contribution < -0.4 is 10.5 Å². The number of carboxylic acids is 1. The summed E-state index contributed by atoms with van der Waals surface area (Å²) in [6.07, 6.45) is 4.04. The molecule has 3 N–H and O–H groups in total. The van der Waals surface area contributed by atoms with Crippen molar-refractivity contribution >= 4 is 5.97 Å². The second kappa shape index (κ2) is 4.75. The number of benzene rings is 1. The number of hydrogen-bond acceptors (Lipinski definition) is 3. The van der Waals surface area contributed by atoms with Crippen molar-refractivity contribution in [2.75, 3.05) is 7.11 Å². The van der Waals surface area contributed by atoms with Gasteiger partial charge in [-0.1, -0.05) is 6.07 Å². The molecule has 0 radical (unpaired) electrons. The fourth-order valence-corrected chi connectivity index (χ4v) is 2.48. The normalized spacial score (nSPS) is 16.1. The third-order valence-corrected chi connectivity index (χ3v) is 3.35. The summed E-state index contributed by atoms with van der Waals surface area (Å²) in [5.41, 5.74) is 8.65. The smallest absolute Gasteiger partial charge is 0.325 e. The van der Waals surface area contributed by atoms with Gasteiger partial charge in [-0.05, 0) is 48.4 Å². The maximum Gasteiger partial charge on any atom is 0.325 e. The van der Waals surface area contributed by atoms with Crippen LogP contribution in [0.4, 0.5) is 0 Å². The average Bonchev–Trinajstić information content (AvgIpc) is 2.36. The fourth-order valence-electron chi connectivity index (χ4n) is 2.48.